The van der Waals surface area contributed by atoms with Gasteiger partial charge in [-0.25, -0.2) is 0 Å². The van der Waals surface area contributed by atoms with Crippen LogP contribution in [0.15, 0.2) is 35.0 Å². The van der Waals surface area contributed by atoms with Crippen molar-refractivity contribution < 1.29 is 32.7 Å². The van der Waals surface area contributed by atoms with Crippen molar-refractivity contribution in [3.8, 4) is 34.4 Å². The van der Waals surface area contributed by atoms with E-state index in [0.717, 1.165) is 30.6 Å². The minimum absolute atomic E-state index is 0.164. The van der Waals surface area contributed by atoms with E-state index in [1.54, 1.807) is 0 Å². The van der Waals surface area contributed by atoms with Gasteiger partial charge < -0.3 is 14.6 Å². The number of aromatic hydroxyl groups is 2. The fourth-order valence-corrected chi connectivity index (χ4v) is 2.13. The number of rotatable bonds is 3. The van der Waals surface area contributed by atoms with E-state index in [2.05, 4.69) is 15.2 Å². The minimum atomic E-state index is -4.69. The summed E-state index contributed by atoms with van der Waals surface area (Å²) >= 11 is 0. The van der Waals surface area contributed by atoms with Crippen LogP contribution in [0.2, 0.25) is 0 Å². The molecule has 26 heavy (non-hydrogen) atoms. The topological polar surface area (TPSA) is 135 Å². The van der Waals surface area contributed by atoms with Gasteiger partial charge in [-0.3, -0.25) is 15.1 Å². The van der Waals surface area contributed by atoms with Crippen LogP contribution in [0.1, 0.15) is 5.56 Å². The maximum absolute atomic E-state index is 13.0. The number of alkyl halides is 3. The molecule has 0 saturated heterocycles. The van der Waals surface area contributed by atoms with Gasteiger partial charge in [0.15, 0.2) is 5.75 Å². The Hall–Kier alpha value is -3.70. The summed E-state index contributed by atoms with van der Waals surface area (Å²) in [6.45, 7) is 0. The summed E-state index contributed by atoms with van der Waals surface area (Å²) in [4.78, 5) is 13.5. The lowest BCUT2D eigenvalue weighted by Gasteiger charge is -2.08. The molecule has 9 nitrogen and oxygen atoms in total. The van der Waals surface area contributed by atoms with Crippen LogP contribution in [0.4, 0.5) is 18.9 Å². The van der Waals surface area contributed by atoms with E-state index in [4.69, 9.17) is 4.42 Å². The summed E-state index contributed by atoms with van der Waals surface area (Å²) < 4.78 is 44.3. The molecule has 0 bridgehead atoms. The van der Waals surface area contributed by atoms with Crippen LogP contribution in [0.5, 0.6) is 11.5 Å². The van der Waals surface area contributed by atoms with E-state index >= 15 is 0 Å². The van der Waals surface area contributed by atoms with E-state index < -0.39 is 51.2 Å². The normalized spacial score (nSPS) is 11.5. The number of aromatic nitrogens is 3. The number of hydrogen-bond acceptors (Lipinski definition) is 8. The molecule has 2 aromatic heterocycles. The van der Waals surface area contributed by atoms with Crippen molar-refractivity contribution in [1.29, 1.82) is 0 Å². The van der Waals surface area contributed by atoms with Crippen molar-refractivity contribution in [3.05, 3.63) is 46.3 Å². The van der Waals surface area contributed by atoms with Crippen LogP contribution >= 0.6 is 0 Å². The smallest absolute Gasteiger partial charge is 0.417 e. The number of nitro groups is 1. The Balaban J connectivity index is 2.09. The van der Waals surface area contributed by atoms with Gasteiger partial charge in [0.25, 0.3) is 0 Å². The lowest BCUT2D eigenvalue weighted by molar-refractivity contribution is -0.385. The molecule has 0 aliphatic rings. The monoisotopic (exact) mass is 368 g/mol. The van der Waals surface area contributed by atoms with E-state index in [9.17, 15) is 33.5 Å². The Morgan fingerprint density at radius 2 is 1.85 bits per heavy atom. The molecule has 0 fully saturated rings. The lowest BCUT2D eigenvalue weighted by Crippen LogP contribution is -2.07. The van der Waals surface area contributed by atoms with Crippen molar-refractivity contribution in [2.75, 3.05) is 0 Å². The molecular formula is C14H7F3N4O5. The first-order valence-corrected chi connectivity index (χ1v) is 6.74. The highest BCUT2D eigenvalue weighted by molar-refractivity contribution is 5.68. The highest BCUT2D eigenvalue weighted by atomic mass is 19.4. The third-order valence-electron chi connectivity index (χ3n) is 3.30. The number of benzene rings is 1. The van der Waals surface area contributed by atoms with Crippen molar-refractivity contribution in [3.63, 3.8) is 0 Å². The van der Waals surface area contributed by atoms with Gasteiger partial charge in [-0.05, 0) is 12.1 Å². The molecule has 0 unspecified atom stereocenters. The average Bonchev–Trinajstić information content (AvgIpc) is 3.06. The molecule has 0 aliphatic heterocycles. The Morgan fingerprint density at radius 3 is 2.50 bits per heavy atom. The molecule has 0 aliphatic carbocycles. The molecule has 0 saturated carbocycles. The maximum atomic E-state index is 13.0. The Kier molecular flexibility index (Phi) is 3.94. The molecule has 0 amide bonds. The van der Waals surface area contributed by atoms with E-state index in [1.807, 2.05) is 0 Å². The number of phenols is 2. The van der Waals surface area contributed by atoms with Gasteiger partial charge in [-0.2, -0.15) is 13.2 Å². The second-order valence-electron chi connectivity index (χ2n) is 4.95. The number of phenolic OH excluding ortho intramolecular Hbond substituents is 2. The standard InChI is InChI=1S/C14H7F3N4O5/c15-14(16,17)8-1-2-18-5-7(8)13-20-19-12(26-13)6-3-9(21(24)25)11(23)10(22)4-6/h1-5,22-23H. The molecule has 0 radical (unpaired) electrons. The third kappa shape index (κ3) is 2.99. The number of nitrogens with zero attached hydrogens (tertiary/aromatic N) is 4. The van der Waals surface area contributed by atoms with Crippen LogP contribution in [0, 0.1) is 10.1 Å². The maximum Gasteiger partial charge on any atom is 0.417 e. The van der Waals surface area contributed by atoms with E-state index in [1.165, 1.54) is 0 Å². The first kappa shape index (κ1) is 17.1. The molecule has 3 aromatic rings. The van der Waals surface area contributed by atoms with Crippen LogP contribution in [0.25, 0.3) is 22.9 Å². The number of halogens is 3. The highest BCUT2D eigenvalue weighted by Crippen LogP contribution is 2.40. The van der Waals surface area contributed by atoms with Gasteiger partial charge in [-0.15, -0.1) is 10.2 Å². The number of hydrogen-bond donors (Lipinski definition) is 2. The second-order valence-corrected chi connectivity index (χ2v) is 4.95. The molecule has 2 N–H and O–H groups in total. The van der Waals surface area contributed by atoms with Crippen molar-refractivity contribution in [1.82, 2.24) is 15.2 Å². The SMILES string of the molecule is O=[N+]([O-])c1cc(-c2nnc(-c3cnccc3C(F)(F)F)o2)cc(O)c1O. The van der Waals surface area contributed by atoms with E-state index in [0.29, 0.717) is 0 Å². The molecular weight excluding hydrogens is 361 g/mol. The Bertz CT molecular complexity index is 1000. The highest BCUT2D eigenvalue weighted by Gasteiger charge is 2.35. The molecule has 1 aromatic carbocycles. The quantitative estimate of drug-likeness (QED) is 0.409. The summed E-state index contributed by atoms with van der Waals surface area (Å²) in [6.07, 6.45) is -2.86. The zero-order chi connectivity index (χ0) is 19.1. The lowest BCUT2D eigenvalue weighted by atomic mass is 10.1. The van der Waals surface area contributed by atoms with Gasteiger partial charge in [-0.1, -0.05) is 0 Å². The molecule has 0 spiro atoms. The fourth-order valence-electron chi connectivity index (χ4n) is 2.13. The van der Waals surface area contributed by atoms with Gasteiger partial charge in [0.1, 0.15) is 0 Å². The summed E-state index contributed by atoms with van der Waals surface area (Å²) in [5.74, 6) is -2.71. The number of pyridine rings is 1. The first-order valence-electron chi connectivity index (χ1n) is 6.74. The van der Waals surface area contributed by atoms with Crippen molar-refractivity contribution in [2.24, 2.45) is 0 Å². The molecule has 134 valence electrons. The first-order chi connectivity index (χ1) is 12.2. The zero-order valence-electron chi connectivity index (χ0n) is 12.4. The molecule has 0 atom stereocenters. The zero-order valence-corrected chi connectivity index (χ0v) is 12.4. The molecule has 3 rings (SSSR count). The van der Waals surface area contributed by atoms with Crippen molar-refractivity contribution in [2.45, 2.75) is 6.18 Å². The fraction of sp³-hybridized carbons (Fsp3) is 0.0714. The minimum Gasteiger partial charge on any atom is -0.504 e. The Morgan fingerprint density at radius 1 is 1.15 bits per heavy atom. The summed E-state index contributed by atoms with van der Waals surface area (Å²) in [6, 6.07) is 2.46. The predicted molar refractivity (Wildman–Crippen MR) is 78.0 cm³/mol. The van der Waals surface area contributed by atoms with E-state index in [-0.39, 0.29) is 5.56 Å². The number of nitro benzene ring substituents is 1. The van der Waals surface area contributed by atoms with Crippen LogP contribution in [0.3, 0.4) is 0 Å². The van der Waals surface area contributed by atoms with Gasteiger partial charge in [0.05, 0.1) is 16.1 Å². The second kappa shape index (κ2) is 5.98. The van der Waals surface area contributed by atoms with Crippen molar-refractivity contribution >= 4 is 5.69 Å². The largest absolute Gasteiger partial charge is 0.504 e. The summed E-state index contributed by atoms with van der Waals surface area (Å²) in [5.41, 5.74) is -2.53. The summed E-state index contributed by atoms with van der Waals surface area (Å²) in [5, 5.41) is 36.9. The average molecular weight is 368 g/mol. The molecule has 12 heteroatoms. The van der Waals surface area contributed by atoms with Gasteiger partial charge in [0, 0.05) is 24.0 Å². The van der Waals surface area contributed by atoms with Crippen LogP contribution < -0.4 is 0 Å². The third-order valence-corrected chi connectivity index (χ3v) is 3.30. The Labute approximate surface area is 141 Å². The van der Waals surface area contributed by atoms with Crippen LogP contribution in [-0.2, 0) is 6.18 Å². The van der Waals surface area contributed by atoms with Crippen LogP contribution in [-0.4, -0.2) is 30.3 Å². The summed E-state index contributed by atoms with van der Waals surface area (Å²) in [7, 11) is 0. The predicted octanol–water partition coefficient (Wildman–Crippen LogP) is 3.14. The van der Waals surface area contributed by atoms with Gasteiger partial charge >= 0.3 is 11.9 Å². The van der Waals surface area contributed by atoms with Gasteiger partial charge in [0.2, 0.25) is 17.5 Å². The molecule has 2 heterocycles.